The highest BCUT2D eigenvalue weighted by molar-refractivity contribution is 7.89. The zero-order valence-corrected chi connectivity index (χ0v) is 15.1. The number of primary sulfonamides is 1. The fraction of sp³-hybridized carbons (Fsp3) is 0.263. The Balaban J connectivity index is 1.84. The zero-order valence-electron chi connectivity index (χ0n) is 14.2. The first kappa shape index (κ1) is 16.9. The molecule has 1 aliphatic heterocycles. The second kappa shape index (κ2) is 6.66. The molecule has 2 aromatic carbocycles. The molecule has 0 saturated carbocycles. The van der Waals surface area contributed by atoms with E-state index < -0.39 is 10.0 Å². The Bertz CT molecular complexity index is 1040. The van der Waals surface area contributed by atoms with Gasteiger partial charge in [-0.1, -0.05) is 48.5 Å². The lowest BCUT2D eigenvalue weighted by Crippen LogP contribution is -2.38. The number of hydrogen-bond donors (Lipinski definition) is 1. The molecule has 4 rings (SSSR count). The highest BCUT2D eigenvalue weighted by Gasteiger charge is 2.30. The molecule has 6 nitrogen and oxygen atoms in total. The zero-order chi connectivity index (χ0) is 18.1. The number of fused-ring (bicyclic) bond motifs is 1. The number of rotatable bonds is 4. The first-order chi connectivity index (χ1) is 12.5. The van der Waals surface area contributed by atoms with E-state index in [-0.39, 0.29) is 11.8 Å². The topological polar surface area (TPSA) is 89.2 Å². The fourth-order valence-electron chi connectivity index (χ4n) is 3.55. The van der Waals surface area contributed by atoms with Gasteiger partial charge >= 0.3 is 0 Å². The molecule has 2 heterocycles. The summed E-state index contributed by atoms with van der Waals surface area (Å²) in [4.78, 5) is 11.5. The van der Waals surface area contributed by atoms with Crippen LogP contribution in [-0.2, 0) is 10.0 Å². The molecule has 1 atom stereocenters. The molecule has 26 heavy (non-hydrogen) atoms. The summed E-state index contributed by atoms with van der Waals surface area (Å²) in [6, 6.07) is 17.7. The summed E-state index contributed by atoms with van der Waals surface area (Å²) in [6.07, 6.45) is 1.67. The van der Waals surface area contributed by atoms with Gasteiger partial charge in [0.1, 0.15) is 0 Å². The molecule has 3 aromatic rings. The van der Waals surface area contributed by atoms with Crippen LogP contribution in [-0.4, -0.2) is 36.7 Å². The Morgan fingerprint density at radius 3 is 2.54 bits per heavy atom. The van der Waals surface area contributed by atoms with E-state index in [0.29, 0.717) is 5.95 Å². The molecule has 1 saturated heterocycles. The predicted molar refractivity (Wildman–Crippen MR) is 103 cm³/mol. The highest BCUT2D eigenvalue weighted by Crippen LogP contribution is 2.30. The Morgan fingerprint density at radius 1 is 1.04 bits per heavy atom. The number of sulfonamides is 1. The maximum atomic E-state index is 11.6. The van der Waals surface area contributed by atoms with Gasteiger partial charge in [0.25, 0.3) is 0 Å². The van der Waals surface area contributed by atoms with Gasteiger partial charge in [-0.25, -0.2) is 23.5 Å². The van der Waals surface area contributed by atoms with Crippen molar-refractivity contribution < 1.29 is 8.42 Å². The number of benzene rings is 2. The van der Waals surface area contributed by atoms with Crippen LogP contribution in [0.25, 0.3) is 22.2 Å². The van der Waals surface area contributed by atoms with Crippen molar-refractivity contribution in [2.24, 2.45) is 5.14 Å². The molecule has 1 unspecified atom stereocenters. The standard InChI is InChI=1S/C19H20N4O2S/c20-26(24,25)13-15-9-6-12-23(15)19-21-17-11-5-4-10-16(17)18(22-19)14-7-2-1-3-8-14/h1-5,7-8,10-11,15H,6,9,12-13H2,(H2,20,24,25). The summed E-state index contributed by atoms with van der Waals surface area (Å²) in [5, 5.41) is 6.25. The summed E-state index contributed by atoms with van der Waals surface area (Å²) >= 11 is 0. The van der Waals surface area contributed by atoms with E-state index in [1.807, 2.05) is 59.5 Å². The number of nitrogens with zero attached hydrogens (tertiary/aromatic N) is 3. The molecule has 1 aromatic heterocycles. The Morgan fingerprint density at radius 2 is 1.77 bits per heavy atom. The van der Waals surface area contributed by atoms with Crippen LogP contribution in [0.4, 0.5) is 5.95 Å². The molecule has 0 radical (unpaired) electrons. The summed E-state index contributed by atoms with van der Waals surface area (Å²) < 4.78 is 23.2. The number of nitrogens with two attached hydrogens (primary N) is 1. The van der Waals surface area contributed by atoms with Gasteiger partial charge in [-0.3, -0.25) is 0 Å². The average Bonchev–Trinajstić information content (AvgIpc) is 3.07. The molecule has 0 aliphatic carbocycles. The Labute approximate surface area is 152 Å². The van der Waals surface area contributed by atoms with Gasteiger partial charge in [0.05, 0.1) is 17.0 Å². The van der Waals surface area contributed by atoms with Crippen molar-refractivity contribution in [3.8, 4) is 11.3 Å². The molecule has 134 valence electrons. The second-order valence-corrected chi connectivity index (χ2v) is 8.23. The van der Waals surface area contributed by atoms with E-state index in [2.05, 4.69) is 0 Å². The van der Waals surface area contributed by atoms with Crippen LogP contribution >= 0.6 is 0 Å². The minimum atomic E-state index is -3.55. The van der Waals surface area contributed by atoms with Crippen molar-refractivity contribution >= 4 is 26.9 Å². The van der Waals surface area contributed by atoms with Gasteiger partial charge in [0.2, 0.25) is 16.0 Å². The molecule has 1 fully saturated rings. The molecular weight excluding hydrogens is 348 g/mol. The van der Waals surface area contributed by atoms with Crippen LogP contribution in [0.3, 0.4) is 0 Å². The quantitative estimate of drug-likeness (QED) is 0.764. The fourth-order valence-corrected chi connectivity index (χ4v) is 4.43. The molecular formula is C19H20N4O2S. The summed E-state index contributed by atoms with van der Waals surface area (Å²) in [6.45, 7) is 0.729. The van der Waals surface area contributed by atoms with E-state index in [1.54, 1.807) is 0 Å². The number of anilines is 1. The first-order valence-electron chi connectivity index (χ1n) is 8.60. The van der Waals surface area contributed by atoms with Crippen molar-refractivity contribution in [2.45, 2.75) is 18.9 Å². The highest BCUT2D eigenvalue weighted by atomic mass is 32.2. The predicted octanol–water partition coefficient (Wildman–Crippen LogP) is 2.55. The smallest absolute Gasteiger partial charge is 0.226 e. The van der Waals surface area contributed by atoms with Gasteiger partial charge in [0.15, 0.2) is 0 Å². The van der Waals surface area contributed by atoms with E-state index in [9.17, 15) is 8.42 Å². The van der Waals surface area contributed by atoms with Gasteiger partial charge < -0.3 is 4.90 Å². The largest absolute Gasteiger partial charge is 0.337 e. The number of hydrogen-bond acceptors (Lipinski definition) is 5. The molecule has 7 heteroatoms. The van der Waals surface area contributed by atoms with Crippen molar-refractivity contribution in [3.63, 3.8) is 0 Å². The molecule has 0 bridgehead atoms. The monoisotopic (exact) mass is 368 g/mol. The summed E-state index contributed by atoms with van der Waals surface area (Å²) in [7, 11) is -3.55. The van der Waals surface area contributed by atoms with Gasteiger partial charge in [-0.05, 0) is 18.9 Å². The van der Waals surface area contributed by atoms with Gasteiger partial charge in [0, 0.05) is 23.5 Å². The van der Waals surface area contributed by atoms with E-state index in [4.69, 9.17) is 15.1 Å². The first-order valence-corrected chi connectivity index (χ1v) is 10.3. The lowest BCUT2D eigenvalue weighted by Gasteiger charge is -2.24. The van der Waals surface area contributed by atoms with Crippen molar-refractivity contribution in [1.29, 1.82) is 0 Å². The van der Waals surface area contributed by atoms with Crippen LogP contribution in [0.15, 0.2) is 54.6 Å². The lowest BCUT2D eigenvalue weighted by atomic mass is 10.1. The van der Waals surface area contributed by atoms with E-state index >= 15 is 0 Å². The minimum Gasteiger partial charge on any atom is -0.337 e. The summed E-state index contributed by atoms with van der Waals surface area (Å²) in [5.41, 5.74) is 2.71. The SMILES string of the molecule is NS(=O)(=O)CC1CCCN1c1nc(-c2ccccc2)c2ccccc2n1. The maximum absolute atomic E-state index is 11.6. The van der Waals surface area contributed by atoms with Crippen LogP contribution < -0.4 is 10.0 Å². The third-order valence-corrected chi connectivity index (χ3v) is 5.55. The lowest BCUT2D eigenvalue weighted by molar-refractivity contribution is 0.586. The number of para-hydroxylation sites is 1. The molecule has 1 aliphatic rings. The van der Waals surface area contributed by atoms with Crippen molar-refractivity contribution in [1.82, 2.24) is 9.97 Å². The normalized spacial score (nSPS) is 17.7. The number of aromatic nitrogens is 2. The molecule has 2 N–H and O–H groups in total. The van der Waals surface area contributed by atoms with E-state index in [0.717, 1.165) is 41.5 Å². The Kier molecular flexibility index (Phi) is 4.34. The van der Waals surface area contributed by atoms with Gasteiger partial charge in [-0.15, -0.1) is 0 Å². The van der Waals surface area contributed by atoms with Crippen LogP contribution in [0.5, 0.6) is 0 Å². The molecule has 0 amide bonds. The average molecular weight is 368 g/mol. The van der Waals surface area contributed by atoms with Crippen LogP contribution in [0.2, 0.25) is 0 Å². The van der Waals surface area contributed by atoms with Crippen LogP contribution in [0, 0.1) is 0 Å². The van der Waals surface area contributed by atoms with E-state index in [1.165, 1.54) is 0 Å². The van der Waals surface area contributed by atoms with Crippen molar-refractivity contribution in [3.05, 3.63) is 54.6 Å². The van der Waals surface area contributed by atoms with Crippen LogP contribution in [0.1, 0.15) is 12.8 Å². The molecule has 0 spiro atoms. The second-order valence-electron chi connectivity index (χ2n) is 6.57. The van der Waals surface area contributed by atoms with Gasteiger partial charge in [-0.2, -0.15) is 0 Å². The van der Waals surface area contributed by atoms with Crippen molar-refractivity contribution in [2.75, 3.05) is 17.2 Å². The summed E-state index contributed by atoms with van der Waals surface area (Å²) in [5.74, 6) is 0.484. The maximum Gasteiger partial charge on any atom is 0.226 e. The Hall–Kier alpha value is -2.51. The third-order valence-electron chi connectivity index (χ3n) is 4.70. The minimum absolute atomic E-state index is 0.0795. The third kappa shape index (κ3) is 3.40.